The fourth-order valence-corrected chi connectivity index (χ4v) is 4.40. The van der Waals surface area contributed by atoms with Gasteiger partial charge in [0.05, 0.1) is 11.2 Å². The molecule has 0 radical (unpaired) electrons. The topological polar surface area (TPSA) is 71.4 Å². The standard InChI is InChI=1S/C12H22O4S/c1-5-6-12(8-17(14,15)16)10(13)7-9(2)11(12,3)4/h9H,5-8H2,1-4H3,(H,14,15,16). The van der Waals surface area contributed by atoms with E-state index in [0.717, 1.165) is 6.42 Å². The molecule has 1 saturated carbocycles. The molecule has 1 fully saturated rings. The first-order valence-electron chi connectivity index (χ1n) is 6.05. The van der Waals surface area contributed by atoms with Gasteiger partial charge in [0.2, 0.25) is 0 Å². The van der Waals surface area contributed by atoms with Crippen molar-refractivity contribution in [2.45, 2.75) is 47.0 Å². The van der Waals surface area contributed by atoms with Crippen molar-refractivity contribution in [3.05, 3.63) is 0 Å². The van der Waals surface area contributed by atoms with Crippen molar-refractivity contribution >= 4 is 15.9 Å². The highest BCUT2D eigenvalue weighted by molar-refractivity contribution is 7.85. The van der Waals surface area contributed by atoms with Crippen molar-refractivity contribution in [1.29, 1.82) is 0 Å². The van der Waals surface area contributed by atoms with Crippen LogP contribution in [0.4, 0.5) is 0 Å². The summed E-state index contributed by atoms with van der Waals surface area (Å²) in [7, 11) is -4.14. The fourth-order valence-electron chi connectivity index (χ4n) is 3.10. The number of ketones is 1. The van der Waals surface area contributed by atoms with Gasteiger partial charge >= 0.3 is 0 Å². The van der Waals surface area contributed by atoms with E-state index in [9.17, 15) is 13.2 Å². The highest BCUT2D eigenvalue weighted by Gasteiger charge is 2.59. The maximum Gasteiger partial charge on any atom is 0.265 e. The van der Waals surface area contributed by atoms with Crippen LogP contribution >= 0.6 is 0 Å². The zero-order valence-corrected chi connectivity index (χ0v) is 11.8. The predicted molar refractivity (Wildman–Crippen MR) is 66.3 cm³/mol. The molecule has 0 aliphatic heterocycles. The molecule has 5 heteroatoms. The van der Waals surface area contributed by atoms with Crippen LogP contribution in [0.25, 0.3) is 0 Å². The maximum absolute atomic E-state index is 12.2. The van der Waals surface area contributed by atoms with Gasteiger partial charge in [0.15, 0.2) is 0 Å². The smallest absolute Gasteiger partial charge is 0.265 e. The van der Waals surface area contributed by atoms with Gasteiger partial charge in [-0.15, -0.1) is 0 Å². The highest BCUT2D eigenvalue weighted by Crippen LogP contribution is 2.56. The largest absolute Gasteiger partial charge is 0.299 e. The molecule has 0 amide bonds. The Morgan fingerprint density at radius 1 is 1.41 bits per heavy atom. The second-order valence-corrected chi connectivity index (χ2v) is 7.26. The summed E-state index contributed by atoms with van der Waals surface area (Å²) in [5.74, 6) is -0.318. The van der Waals surface area contributed by atoms with E-state index < -0.39 is 26.7 Å². The molecular formula is C12H22O4S. The average molecular weight is 262 g/mol. The second kappa shape index (κ2) is 4.35. The van der Waals surface area contributed by atoms with Gasteiger partial charge in [-0.2, -0.15) is 8.42 Å². The molecule has 0 saturated heterocycles. The van der Waals surface area contributed by atoms with Crippen molar-refractivity contribution in [1.82, 2.24) is 0 Å². The van der Waals surface area contributed by atoms with E-state index in [2.05, 4.69) is 0 Å². The summed E-state index contributed by atoms with van der Waals surface area (Å²) in [6.07, 6.45) is 1.66. The Morgan fingerprint density at radius 3 is 2.24 bits per heavy atom. The molecule has 1 aliphatic rings. The van der Waals surface area contributed by atoms with E-state index in [1.165, 1.54) is 0 Å². The summed E-state index contributed by atoms with van der Waals surface area (Å²) in [5.41, 5.74) is -1.31. The Morgan fingerprint density at radius 2 is 1.94 bits per heavy atom. The van der Waals surface area contributed by atoms with Crippen LogP contribution in [-0.4, -0.2) is 24.5 Å². The summed E-state index contributed by atoms with van der Waals surface area (Å²) < 4.78 is 31.5. The lowest BCUT2D eigenvalue weighted by Crippen LogP contribution is -2.45. The first-order valence-corrected chi connectivity index (χ1v) is 7.66. The van der Waals surface area contributed by atoms with E-state index >= 15 is 0 Å². The van der Waals surface area contributed by atoms with Gasteiger partial charge in [-0.25, -0.2) is 0 Å². The van der Waals surface area contributed by atoms with Crippen LogP contribution in [0.2, 0.25) is 0 Å². The minimum absolute atomic E-state index is 0.0190. The average Bonchev–Trinajstić information content (AvgIpc) is 2.26. The third-order valence-electron chi connectivity index (χ3n) is 4.60. The van der Waals surface area contributed by atoms with Crippen LogP contribution in [-0.2, 0) is 14.9 Å². The van der Waals surface area contributed by atoms with Crippen molar-refractivity contribution in [2.75, 3.05) is 5.75 Å². The quantitative estimate of drug-likeness (QED) is 0.789. The molecule has 2 unspecified atom stereocenters. The summed E-state index contributed by atoms with van der Waals surface area (Å²) in [6.45, 7) is 7.77. The summed E-state index contributed by atoms with van der Waals surface area (Å²) in [5, 5.41) is 0. The number of Topliss-reactive ketones (excluding diaryl/α,β-unsaturated/α-hetero) is 1. The van der Waals surface area contributed by atoms with Crippen LogP contribution in [0.15, 0.2) is 0 Å². The minimum atomic E-state index is -4.14. The first kappa shape index (κ1) is 14.6. The van der Waals surface area contributed by atoms with Crippen LogP contribution in [0.1, 0.15) is 47.0 Å². The molecule has 0 aromatic carbocycles. The van der Waals surface area contributed by atoms with Gasteiger partial charge in [0.25, 0.3) is 10.1 Å². The van der Waals surface area contributed by atoms with Gasteiger partial charge in [0.1, 0.15) is 5.78 Å². The Labute approximate surface area is 104 Å². The molecule has 2 atom stereocenters. The molecule has 0 bridgehead atoms. The number of carbonyl (C=O) groups is 1. The van der Waals surface area contributed by atoms with E-state index in [0.29, 0.717) is 12.8 Å². The Kier molecular flexibility index (Phi) is 3.75. The van der Waals surface area contributed by atoms with Crippen LogP contribution in [0.5, 0.6) is 0 Å². The van der Waals surface area contributed by atoms with Crippen LogP contribution in [0, 0.1) is 16.7 Å². The molecule has 100 valence electrons. The molecule has 1 rings (SSSR count). The monoisotopic (exact) mass is 262 g/mol. The summed E-state index contributed by atoms with van der Waals surface area (Å²) >= 11 is 0. The minimum Gasteiger partial charge on any atom is -0.299 e. The molecular weight excluding hydrogens is 240 g/mol. The van der Waals surface area contributed by atoms with Crippen molar-refractivity contribution in [3.63, 3.8) is 0 Å². The molecule has 0 aromatic rings. The Hall–Kier alpha value is -0.420. The van der Waals surface area contributed by atoms with Crippen molar-refractivity contribution < 1.29 is 17.8 Å². The van der Waals surface area contributed by atoms with E-state index in [1.807, 2.05) is 27.7 Å². The normalized spacial score (nSPS) is 33.0. The zero-order chi connectivity index (χ0) is 13.5. The number of hydrogen-bond donors (Lipinski definition) is 1. The second-order valence-electron chi connectivity index (χ2n) is 5.81. The molecule has 0 aromatic heterocycles. The zero-order valence-electron chi connectivity index (χ0n) is 11.0. The summed E-state index contributed by atoms with van der Waals surface area (Å²) in [6, 6.07) is 0. The SMILES string of the molecule is CCCC1(CS(=O)(=O)O)C(=O)CC(C)C1(C)C. The lowest BCUT2D eigenvalue weighted by atomic mass is 9.63. The van der Waals surface area contributed by atoms with Gasteiger partial charge in [-0.3, -0.25) is 9.35 Å². The predicted octanol–water partition coefficient (Wildman–Crippen LogP) is 2.30. The molecule has 0 spiro atoms. The van der Waals surface area contributed by atoms with Crippen molar-refractivity contribution in [2.24, 2.45) is 16.7 Å². The lowest BCUT2D eigenvalue weighted by Gasteiger charge is -2.41. The Balaban J connectivity index is 3.27. The third kappa shape index (κ3) is 2.40. The Bertz CT molecular complexity index is 410. The van der Waals surface area contributed by atoms with Crippen LogP contribution < -0.4 is 0 Å². The molecule has 17 heavy (non-hydrogen) atoms. The lowest BCUT2D eigenvalue weighted by molar-refractivity contribution is -0.128. The maximum atomic E-state index is 12.2. The first-order chi connectivity index (χ1) is 7.57. The van der Waals surface area contributed by atoms with Crippen molar-refractivity contribution in [3.8, 4) is 0 Å². The molecule has 0 heterocycles. The van der Waals surface area contributed by atoms with E-state index in [4.69, 9.17) is 4.55 Å². The highest BCUT2D eigenvalue weighted by atomic mass is 32.2. The van der Waals surface area contributed by atoms with E-state index in [-0.39, 0.29) is 11.7 Å². The number of rotatable bonds is 4. The molecule has 1 N–H and O–H groups in total. The third-order valence-corrected chi connectivity index (χ3v) is 5.45. The van der Waals surface area contributed by atoms with Gasteiger partial charge in [-0.05, 0) is 17.8 Å². The van der Waals surface area contributed by atoms with E-state index in [1.54, 1.807) is 0 Å². The van der Waals surface area contributed by atoms with Gasteiger partial charge < -0.3 is 0 Å². The van der Waals surface area contributed by atoms with Gasteiger partial charge in [-0.1, -0.05) is 34.1 Å². The van der Waals surface area contributed by atoms with Crippen LogP contribution in [0.3, 0.4) is 0 Å². The fraction of sp³-hybridized carbons (Fsp3) is 0.917. The summed E-state index contributed by atoms with van der Waals surface area (Å²) in [4.78, 5) is 12.2. The number of carbonyl (C=O) groups excluding carboxylic acids is 1. The van der Waals surface area contributed by atoms with Gasteiger partial charge in [0, 0.05) is 6.42 Å². The molecule has 4 nitrogen and oxygen atoms in total. The number of hydrogen-bond acceptors (Lipinski definition) is 3. The molecule has 1 aliphatic carbocycles.